The Balaban J connectivity index is 1.87. The van der Waals surface area contributed by atoms with Crippen molar-refractivity contribution in [3.05, 3.63) is 36.7 Å². The van der Waals surface area contributed by atoms with Gasteiger partial charge < -0.3 is 30.4 Å². The largest absolute Gasteiger partial charge is 0.462 e. The molecule has 41 heavy (non-hydrogen) atoms. The van der Waals surface area contributed by atoms with Crippen LogP contribution in [0.1, 0.15) is 34.1 Å². The average molecular weight is 596 g/mol. The number of ether oxygens (including phenoxy) is 2. The van der Waals surface area contributed by atoms with E-state index in [9.17, 15) is 9.36 Å². The van der Waals surface area contributed by atoms with Gasteiger partial charge in [0.1, 0.15) is 23.8 Å². The van der Waals surface area contributed by atoms with E-state index in [1.807, 2.05) is 0 Å². The zero-order chi connectivity index (χ0) is 30.4. The highest BCUT2D eigenvalue weighted by Crippen LogP contribution is 2.50. The maximum absolute atomic E-state index is 16.2. The van der Waals surface area contributed by atoms with E-state index < -0.39 is 43.7 Å². The fraction of sp³-hybridized carbons (Fsp3) is 0.538. The highest BCUT2D eigenvalue weighted by atomic mass is 31.2. The van der Waals surface area contributed by atoms with Gasteiger partial charge in [-0.1, -0.05) is 25.1 Å². The predicted octanol–water partition coefficient (Wildman–Crippen LogP) is 3.38. The van der Waals surface area contributed by atoms with Crippen LogP contribution in [-0.4, -0.2) is 73.5 Å². The van der Waals surface area contributed by atoms with E-state index in [2.05, 4.69) is 26.8 Å². The number of aromatic nitrogens is 2. The number of hydrogen-bond donors (Lipinski definition) is 3. The van der Waals surface area contributed by atoms with Crippen molar-refractivity contribution in [2.75, 3.05) is 30.8 Å². The molecule has 1 aliphatic heterocycles. The summed E-state index contributed by atoms with van der Waals surface area (Å²) >= 11 is 0. The van der Waals surface area contributed by atoms with Crippen molar-refractivity contribution in [2.24, 2.45) is 16.1 Å². The smallest absolute Gasteiger partial charge is 0.459 e. The number of para-hydroxylation sites is 1. The van der Waals surface area contributed by atoms with E-state index in [0.717, 1.165) is 0 Å². The number of nitrogens with one attached hydrogen (secondary N) is 1. The first-order valence-corrected chi connectivity index (χ1v) is 14.7. The summed E-state index contributed by atoms with van der Waals surface area (Å²) in [5.74, 6) is -0.123. The Bertz CT molecular complexity index is 1240. The maximum atomic E-state index is 16.2. The molecular weight excluding hydrogens is 556 g/mol. The second-order valence-electron chi connectivity index (χ2n) is 10.2. The van der Waals surface area contributed by atoms with Gasteiger partial charge in [-0.15, -0.1) is 0 Å². The van der Waals surface area contributed by atoms with Crippen LogP contribution in [-0.2, 0) is 23.4 Å². The lowest BCUT2D eigenvalue weighted by Crippen LogP contribution is -2.43. The molecule has 0 amide bonds. The molecule has 0 radical (unpaired) electrons. The Morgan fingerprint density at radius 1 is 1.32 bits per heavy atom. The first-order valence-electron chi connectivity index (χ1n) is 13.1. The van der Waals surface area contributed by atoms with Gasteiger partial charge in [-0.25, -0.2) is 18.9 Å². The molecule has 3 rings (SSSR count). The number of nitrogens with zero attached hydrogens (tertiary/aromatic N) is 4. The van der Waals surface area contributed by atoms with Gasteiger partial charge in [0.15, 0.2) is 24.0 Å². The monoisotopic (exact) mass is 595 g/mol. The number of alkyl halides is 1. The minimum absolute atomic E-state index is 0.0741. The summed E-state index contributed by atoms with van der Waals surface area (Å²) in [5.41, 5.74) is 10.8. The van der Waals surface area contributed by atoms with E-state index in [0.29, 0.717) is 0 Å². The van der Waals surface area contributed by atoms with Crippen molar-refractivity contribution < 1.29 is 32.3 Å². The standard InChI is InChI=1S/C26H39FN7O6P/c1-16(2)38-25(35)17(3)33-41(36,40-18-10-8-7-9-11-18)37-14-19-26(4,12-13-28)21(27)24(39-19)34(6)23-20(30-5)22(29)31-15-32-23/h7-11,15-17,19,21,24H,5,12-14,28H2,1-4,6H3,(H,33,36)(H2,29,31,32)/t17-,19+,21?,24+,26?,41?/m0/s1. The molecular formula is C26H39FN7O6P. The van der Waals surface area contributed by atoms with E-state index in [1.165, 1.54) is 18.2 Å². The number of benzene rings is 1. The molecule has 0 saturated carbocycles. The number of carbonyl (C=O) groups is 1. The predicted molar refractivity (Wildman–Crippen MR) is 154 cm³/mol. The molecule has 1 aromatic carbocycles. The minimum atomic E-state index is -4.22. The summed E-state index contributed by atoms with van der Waals surface area (Å²) in [5, 5.41) is 2.62. The number of nitrogen functional groups attached to an aromatic ring is 1. The Labute approximate surface area is 239 Å². The number of carbonyl (C=O) groups excluding carboxylic acids is 1. The van der Waals surface area contributed by atoms with E-state index in [-0.39, 0.29) is 48.7 Å². The van der Waals surface area contributed by atoms with Crippen LogP contribution < -0.4 is 26.0 Å². The summed E-state index contributed by atoms with van der Waals surface area (Å²) < 4.78 is 53.0. The molecule has 15 heteroatoms. The lowest BCUT2D eigenvalue weighted by molar-refractivity contribution is -0.149. The second-order valence-corrected chi connectivity index (χ2v) is 11.9. The van der Waals surface area contributed by atoms with Crippen molar-refractivity contribution in [1.29, 1.82) is 0 Å². The molecule has 226 valence electrons. The highest BCUT2D eigenvalue weighted by molar-refractivity contribution is 7.52. The Morgan fingerprint density at radius 3 is 2.61 bits per heavy atom. The van der Waals surface area contributed by atoms with Gasteiger partial charge in [-0.2, -0.15) is 5.09 Å². The van der Waals surface area contributed by atoms with Gasteiger partial charge in [0, 0.05) is 12.5 Å². The third-order valence-corrected chi connectivity index (χ3v) is 8.37. The number of hydrogen-bond acceptors (Lipinski definition) is 12. The van der Waals surface area contributed by atoms with Gasteiger partial charge in [0.05, 0.1) is 18.8 Å². The molecule has 1 saturated heterocycles. The first-order chi connectivity index (χ1) is 19.3. The van der Waals surface area contributed by atoms with Crippen LogP contribution in [0.2, 0.25) is 0 Å². The Kier molecular flexibility index (Phi) is 10.8. The van der Waals surface area contributed by atoms with Crippen LogP contribution in [0.5, 0.6) is 5.75 Å². The van der Waals surface area contributed by atoms with Crippen LogP contribution in [0.15, 0.2) is 41.7 Å². The zero-order valence-electron chi connectivity index (χ0n) is 23.9. The van der Waals surface area contributed by atoms with Gasteiger partial charge in [-0.05, 0) is 52.6 Å². The molecule has 3 unspecified atom stereocenters. The molecule has 1 aliphatic rings. The SMILES string of the molecule is C=Nc1c(N)ncnc1N(C)[C@@H]1O[C@H](COP(=O)(N[C@@H](C)C(=O)OC(C)C)Oc2ccccc2)C(C)(CCN)C1F. The summed E-state index contributed by atoms with van der Waals surface area (Å²) in [6, 6.07) is 7.26. The van der Waals surface area contributed by atoms with E-state index >= 15 is 4.39 Å². The van der Waals surface area contributed by atoms with E-state index in [4.69, 9.17) is 30.0 Å². The number of esters is 1. The average Bonchev–Trinajstić information content (AvgIpc) is 3.16. The maximum Gasteiger partial charge on any atom is 0.459 e. The lowest BCUT2D eigenvalue weighted by atomic mass is 9.78. The molecule has 1 fully saturated rings. The Morgan fingerprint density at radius 2 is 2.00 bits per heavy atom. The first kappa shape index (κ1) is 32.4. The summed E-state index contributed by atoms with van der Waals surface area (Å²) in [6.07, 6.45) is -2.60. The number of aliphatic imine (C=N–C) groups is 1. The molecule has 6 atom stereocenters. The summed E-state index contributed by atoms with van der Waals surface area (Å²) in [4.78, 5) is 25.9. The van der Waals surface area contributed by atoms with Crippen LogP contribution in [0.25, 0.3) is 0 Å². The Hall–Kier alpha value is -3.16. The third-order valence-electron chi connectivity index (χ3n) is 6.73. The minimum Gasteiger partial charge on any atom is -0.462 e. The molecule has 2 aromatic rings. The van der Waals surface area contributed by atoms with E-state index in [1.54, 1.807) is 58.2 Å². The van der Waals surface area contributed by atoms with Crippen LogP contribution in [0.3, 0.4) is 0 Å². The molecule has 13 nitrogen and oxygen atoms in total. The van der Waals surface area contributed by atoms with Crippen molar-refractivity contribution in [3.63, 3.8) is 0 Å². The number of anilines is 2. The van der Waals surface area contributed by atoms with Crippen LogP contribution in [0.4, 0.5) is 21.7 Å². The quantitative estimate of drug-likeness (QED) is 0.165. The van der Waals surface area contributed by atoms with Gasteiger partial charge in [0.2, 0.25) is 0 Å². The molecule has 0 aliphatic carbocycles. The fourth-order valence-corrected chi connectivity index (χ4v) is 5.93. The van der Waals surface area contributed by atoms with Crippen LogP contribution in [0, 0.1) is 5.41 Å². The van der Waals surface area contributed by atoms with Gasteiger partial charge >= 0.3 is 13.7 Å². The second kappa shape index (κ2) is 13.7. The molecule has 2 heterocycles. The van der Waals surface area contributed by atoms with Crippen molar-refractivity contribution in [1.82, 2.24) is 15.1 Å². The summed E-state index contributed by atoms with van der Waals surface area (Å²) in [6.45, 7) is 9.84. The molecule has 0 spiro atoms. The zero-order valence-corrected chi connectivity index (χ0v) is 24.8. The number of halogens is 1. The fourth-order valence-electron chi connectivity index (χ4n) is 4.44. The molecule has 0 bridgehead atoms. The topological polar surface area (TPSA) is 177 Å². The molecule has 1 aromatic heterocycles. The van der Waals surface area contributed by atoms with Crippen molar-refractivity contribution in [3.8, 4) is 5.75 Å². The third kappa shape index (κ3) is 7.57. The van der Waals surface area contributed by atoms with Crippen molar-refractivity contribution >= 4 is 37.8 Å². The summed E-state index contributed by atoms with van der Waals surface area (Å²) in [7, 11) is -2.65. The normalized spacial score (nSPS) is 24.4. The van der Waals surface area contributed by atoms with Crippen LogP contribution >= 0.6 is 7.75 Å². The number of nitrogens with two attached hydrogens (primary N) is 2. The van der Waals surface area contributed by atoms with Crippen molar-refractivity contribution in [2.45, 2.75) is 64.8 Å². The highest BCUT2D eigenvalue weighted by Gasteiger charge is 2.56. The van der Waals surface area contributed by atoms with Gasteiger partial charge in [0.25, 0.3) is 0 Å². The molecule has 5 N–H and O–H groups in total. The lowest BCUT2D eigenvalue weighted by Gasteiger charge is -2.32. The van der Waals surface area contributed by atoms with Gasteiger partial charge in [-0.3, -0.25) is 14.3 Å². The number of rotatable bonds is 14.